The maximum absolute atomic E-state index is 10.1. The molecule has 0 aromatic heterocycles. The highest BCUT2D eigenvalue weighted by Gasteiger charge is 2.21. The van der Waals surface area contributed by atoms with Gasteiger partial charge in [-0.3, -0.25) is 0 Å². The first-order valence-corrected chi connectivity index (χ1v) is 10.4. The van der Waals surface area contributed by atoms with E-state index in [1.54, 1.807) is 6.07 Å². The van der Waals surface area contributed by atoms with Crippen LogP contribution in [-0.4, -0.2) is 67.7 Å². The van der Waals surface area contributed by atoms with Gasteiger partial charge in [0.1, 0.15) is 5.75 Å². The van der Waals surface area contributed by atoms with E-state index in [0.29, 0.717) is 12.3 Å². The Morgan fingerprint density at radius 1 is 1.00 bits per heavy atom. The molecule has 6 nitrogen and oxygen atoms in total. The molecule has 1 heterocycles. The lowest BCUT2D eigenvalue weighted by Gasteiger charge is -2.37. The van der Waals surface area contributed by atoms with Gasteiger partial charge in [0, 0.05) is 39.3 Å². The van der Waals surface area contributed by atoms with Crippen molar-refractivity contribution in [2.75, 3.05) is 51.7 Å². The zero-order chi connectivity index (χ0) is 20.6. The summed E-state index contributed by atoms with van der Waals surface area (Å²) in [5, 5.41) is 13.6. The lowest BCUT2D eigenvalue weighted by molar-refractivity contribution is 0.369. The van der Waals surface area contributed by atoms with Crippen LogP contribution in [0.4, 0.5) is 5.69 Å². The number of phenols is 1. The summed E-state index contributed by atoms with van der Waals surface area (Å²) in [6, 6.07) is 16.1. The summed E-state index contributed by atoms with van der Waals surface area (Å²) in [6.07, 6.45) is 0. The van der Waals surface area contributed by atoms with E-state index in [-0.39, 0.29) is 0 Å². The van der Waals surface area contributed by atoms with Gasteiger partial charge in [-0.05, 0) is 44.3 Å². The molecule has 6 heteroatoms. The van der Waals surface area contributed by atoms with Crippen molar-refractivity contribution in [3.63, 3.8) is 0 Å². The number of hydrogen-bond donors (Lipinski definition) is 2. The zero-order valence-corrected chi connectivity index (χ0v) is 17.8. The molecule has 29 heavy (non-hydrogen) atoms. The molecule has 0 amide bonds. The number of rotatable bonds is 6. The van der Waals surface area contributed by atoms with Gasteiger partial charge in [0.25, 0.3) is 0 Å². The fourth-order valence-corrected chi connectivity index (χ4v) is 3.68. The normalized spacial score (nSPS) is 15.1. The predicted octanol–water partition coefficient (Wildman–Crippen LogP) is 2.74. The number of aliphatic imine (C=N–C) groups is 1. The Bertz CT molecular complexity index is 812. The summed E-state index contributed by atoms with van der Waals surface area (Å²) in [5.41, 5.74) is 3.50. The van der Waals surface area contributed by atoms with Crippen LogP contribution in [0.15, 0.2) is 53.5 Å². The van der Waals surface area contributed by atoms with Crippen molar-refractivity contribution < 1.29 is 5.11 Å². The second-order valence-corrected chi connectivity index (χ2v) is 7.64. The van der Waals surface area contributed by atoms with E-state index in [4.69, 9.17) is 4.99 Å². The molecule has 156 valence electrons. The van der Waals surface area contributed by atoms with Crippen LogP contribution in [0.2, 0.25) is 0 Å². The van der Waals surface area contributed by atoms with E-state index < -0.39 is 0 Å². The molecule has 1 aliphatic rings. The average Bonchev–Trinajstić information content (AvgIpc) is 2.72. The second-order valence-electron chi connectivity index (χ2n) is 7.64. The molecule has 3 rings (SSSR count). The van der Waals surface area contributed by atoms with Gasteiger partial charge in [-0.2, -0.15) is 0 Å². The van der Waals surface area contributed by atoms with Crippen molar-refractivity contribution >= 4 is 11.6 Å². The summed E-state index contributed by atoms with van der Waals surface area (Å²) in [4.78, 5) is 11.7. The van der Waals surface area contributed by atoms with Gasteiger partial charge in [-0.25, -0.2) is 4.99 Å². The maximum Gasteiger partial charge on any atom is 0.194 e. The highest BCUT2D eigenvalue weighted by molar-refractivity contribution is 5.80. The van der Waals surface area contributed by atoms with Crippen LogP contribution in [0.25, 0.3) is 0 Å². The second kappa shape index (κ2) is 10.2. The first-order valence-electron chi connectivity index (χ1n) is 10.4. The number of aromatic hydroxyl groups is 1. The minimum Gasteiger partial charge on any atom is -0.506 e. The Balaban J connectivity index is 1.67. The topological polar surface area (TPSA) is 54.3 Å². The molecule has 1 saturated heterocycles. The summed E-state index contributed by atoms with van der Waals surface area (Å²) >= 11 is 0. The molecule has 2 N–H and O–H groups in total. The van der Waals surface area contributed by atoms with E-state index in [1.165, 1.54) is 11.1 Å². The van der Waals surface area contributed by atoms with Gasteiger partial charge in [0.15, 0.2) is 5.96 Å². The zero-order valence-electron chi connectivity index (χ0n) is 17.8. The monoisotopic (exact) mass is 395 g/mol. The van der Waals surface area contributed by atoms with Gasteiger partial charge < -0.3 is 25.1 Å². The number of phenolic OH excluding ortho intramolecular Hbond substituents is 1. The number of nitrogens with zero attached hydrogens (tertiary/aromatic N) is 4. The molecule has 2 aromatic carbocycles. The maximum atomic E-state index is 10.1. The van der Waals surface area contributed by atoms with Crippen molar-refractivity contribution in [3.8, 4) is 5.75 Å². The molecule has 0 bridgehead atoms. The first-order chi connectivity index (χ1) is 14.1. The Morgan fingerprint density at radius 3 is 2.31 bits per heavy atom. The van der Waals surface area contributed by atoms with Crippen LogP contribution in [0.5, 0.6) is 5.75 Å². The van der Waals surface area contributed by atoms with E-state index in [0.717, 1.165) is 50.9 Å². The van der Waals surface area contributed by atoms with Gasteiger partial charge in [-0.1, -0.05) is 36.4 Å². The smallest absolute Gasteiger partial charge is 0.194 e. The van der Waals surface area contributed by atoms with Crippen LogP contribution in [0, 0.1) is 0 Å². The van der Waals surface area contributed by atoms with Crippen molar-refractivity contribution in [3.05, 3.63) is 59.7 Å². The lowest BCUT2D eigenvalue weighted by Crippen LogP contribution is -2.52. The molecule has 1 fully saturated rings. The molecule has 0 aliphatic carbocycles. The van der Waals surface area contributed by atoms with Crippen molar-refractivity contribution in [1.82, 2.24) is 15.1 Å². The molecule has 0 saturated carbocycles. The summed E-state index contributed by atoms with van der Waals surface area (Å²) < 4.78 is 0. The molecular formula is C23H33N5O. The predicted molar refractivity (Wildman–Crippen MR) is 121 cm³/mol. The van der Waals surface area contributed by atoms with Gasteiger partial charge in [0.2, 0.25) is 0 Å². The van der Waals surface area contributed by atoms with Crippen molar-refractivity contribution in [2.24, 2.45) is 4.99 Å². The quantitative estimate of drug-likeness (QED) is 0.582. The Kier molecular flexibility index (Phi) is 7.36. The van der Waals surface area contributed by atoms with Crippen LogP contribution in [0.3, 0.4) is 0 Å². The van der Waals surface area contributed by atoms with Crippen molar-refractivity contribution in [2.45, 2.75) is 20.0 Å². The Hall–Kier alpha value is -2.73. The molecular weight excluding hydrogens is 362 g/mol. The van der Waals surface area contributed by atoms with Crippen molar-refractivity contribution in [1.29, 1.82) is 0 Å². The highest BCUT2D eigenvalue weighted by Crippen LogP contribution is 2.27. The number of benzene rings is 2. The fourth-order valence-electron chi connectivity index (χ4n) is 3.68. The van der Waals surface area contributed by atoms with Crippen LogP contribution < -0.4 is 10.2 Å². The average molecular weight is 396 g/mol. The summed E-state index contributed by atoms with van der Waals surface area (Å²) in [5.74, 6) is 1.31. The number of anilines is 1. The molecule has 0 spiro atoms. The fraction of sp³-hybridized carbons (Fsp3) is 0.435. The molecule has 2 aromatic rings. The summed E-state index contributed by atoms with van der Waals surface area (Å²) in [7, 11) is 4.18. The van der Waals surface area contributed by atoms with Gasteiger partial charge >= 0.3 is 0 Å². The Labute approximate surface area is 174 Å². The molecule has 0 radical (unpaired) electrons. The van der Waals surface area contributed by atoms with Crippen LogP contribution in [0.1, 0.15) is 18.1 Å². The van der Waals surface area contributed by atoms with Crippen LogP contribution in [-0.2, 0) is 13.1 Å². The number of hydrogen-bond acceptors (Lipinski definition) is 4. The number of piperazine rings is 1. The third-order valence-corrected chi connectivity index (χ3v) is 5.14. The number of guanidine groups is 1. The SMILES string of the molecule is CCNC(=NCc1ccccc1CN(C)C)N1CCN(c2ccccc2O)CC1. The minimum absolute atomic E-state index is 0.346. The van der Waals surface area contributed by atoms with Crippen LogP contribution >= 0.6 is 0 Å². The molecule has 0 atom stereocenters. The van der Waals surface area contributed by atoms with Gasteiger partial charge in [0.05, 0.1) is 12.2 Å². The first kappa shape index (κ1) is 21.0. The van der Waals surface area contributed by atoms with E-state index >= 15 is 0 Å². The van der Waals surface area contributed by atoms with E-state index in [2.05, 4.69) is 65.3 Å². The summed E-state index contributed by atoms with van der Waals surface area (Å²) in [6.45, 7) is 8.01. The minimum atomic E-state index is 0.346. The van der Waals surface area contributed by atoms with E-state index in [9.17, 15) is 5.11 Å². The number of para-hydroxylation sites is 2. The molecule has 1 aliphatic heterocycles. The lowest BCUT2D eigenvalue weighted by atomic mass is 10.1. The highest BCUT2D eigenvalue weighted by atomic mass is 16.3. The van der Waals surface area contributed by atoms with Gasteiger partial charge in [-0.15, -0.1) is 0 Å². The molecule has 0 unspecified atom stereocenters. The third kappa shape index (κ3) is 5.64. The largest absolute Gasteiger partial charge is 0.506 e. The number of nitrogens with one attached hydrogen (secondary N) is 1. The standard InChI is InChI=1S/C23H33N5O/c1-4-24-23(25-17-19-9-5-6-10-20(19)18-26(2)3)28-15-13-27(14-16-28)21-11-7-8-12-22(21)29/h5-12,29H,4,13-18H2,1-3H3,(H,24,25). The van der Waals surface area contributed by atoms with E-state index in [1.807, 2.05) is 18.2 Å². The Morgan fingerprint density at radius 2 is 1.66 bits per heavy atom. The third-order valence-electron chi connectivity index (χ3n) is 5.14.